The summed E-state index contributed by atoms with van der Waals surface area (Å²) in [6.45, 7) is 0.448. The first-order valence-electron chi connectivity index (χ1n) is 7.29. The molecule has 25 heavy (non-hydrogen) atoms. The van der Waals surface area contributed by atoms with Gasteiger partial charge in [-0.3, -0.25) is 15.1 Å². The summed E-state index contributed by atoms with van der Waals surface area (Å²) in [5.74, 6) is 0. The Balaban J connectivity index is 1.69. The van der Waals surface area contributed by atoms with Crippen molar-refractivity contribution in [2.75, 3.05) is 5.01 Å². The molecule has 10 nitrogen and oxygen atoms in total. The number of benzene rings is 2. The molecule has 0 radical (unpaired) electrons. The first kappa shape index (κ1) is 14.8. The number of anilines is 1. The first-order valence-corrected chi connectivity index (χ1v) is 7.29. The summed E-state index contributed by atoms with van der Waals surface area (Å²) >= 11 is 0. The fraction of sp³-hybridized carbons (Fsp3) is 0.0667. The summed E-state index contributed by atoms with van der Waals surface area (Å²) in [7, 11) is 0. The zero-order valence-corrected chi connectivity index (χ0v) is 12.8. The van der Waals surface area contributed by atoms with Gasteiger partial charge in [0, 0.05) is 12.1 Å². The smallest absolute Gasteiger partial charge is 0.260 e. The highest BCUT2D eigenvalue weighted by Crippen LogP contribution is 2.22. The van der Waals surface area contributed by atoms with Crippen LogP contribution in [0.2, 0.25) is 0 Å². The Morgan fingerprint density at radius 3 is 2.64 bits per heavy atom. The molecule has 4 aromatic rings. The van der Waals surface area contributed by atoms with E-state index in [0.29, 0.717) is 17.6 Å². The molecular weight excluding hydrogens is 326 g/mol. The molecule has 0 unspecified atom stereocenters. The second kappa shape index (κ2) is 6.00. The van der Waals surface area contributed by atoms with Crippen LogP contribution in [0.5, 0.6) is 0 Å². The van der Waals surface area contributed by atoms with Crippen LogP contribution >= 0.6 is 0 Å². The number of non-ortho nitro benzene ring substituents is 1. The molecule has 0 amide bonds. The van der Waals surface area contributed by atoms with E-state index in [9.17, 15) is 10.1 Å². The average Bonchev–Trinajstić information content (AvgIpc) is 3.31. The Hall–Kier alpha value is -3.82. The quantitative estimate of drug-likeness (QED) is 0.402. The van der Waals surface area contributed by atoms with Crippen LogP contribution in [0, 0.1) is 10.1 Å². The summed E-state index contributed by atoms with van der Waals surface area (Å²) in [5.41, 5.74) is 3.02. The maximum Gasteiger partial charge on any atom is 0.269 e. The van der Waals surface area contributed by atoms with Crippen molar-refractivity contribution in [1.82, 2.24) is 25.2 Å². The normalized spacial score (nSPS) is 10.9. The van der Waals surface area contributed by atoms with Gasteiger partial charge >= 0.3 is 0 Å². The molecule has 124 valence electrons. The van der Waals surface area contributed by atoms with Gasteiger partial charge in [0.1, 0.15) is 23.7 Å². The molecule has 0 bridgehead atoms. The zero-order chi connectivity index (χ0) is 17.2. The summed E-state index contributed by atoms with van der Waals surface area (Å²) in [5, 5.41) is 24.4. The minimum atomic E-state index is -0.435. The molecule has 2 aromatic heterocycles. The van der Waals surface area contributed by atoms with Crippen LogP contribution in [0.25, 0.3) is 11.0 Å². The van der Waals surface area contributed by atoms with Crippen LogP contribution in [0.1, 0.15) is 5.56 Å². The van der Waals surface area contributed by atoms with Crippen molar-refractivity contribution < 1.29 is 9.55 Å². The maximum atomic E-state index is 10.8. The molecule has 0 aliphatic heterocycles. The van der Waals surface area contributed by atoms with Gasteiger partial charge in [-0.05, 0) is 40.1 Å². The van der Waals surface area contributed by atoms with Crippen molar-refractivity contribution in [3.63, 3.8) is 0 Å². The number of nitro benzene ring substituents is 1. The van der Waals surface area contributed by atoms with Crippen molar-refractivity contribution >= 4 is 22.4 Å². The molecular formula is C15H11N7O3. The second-order valence-electron chi connectivity index (χ2n) is 5.23. The predicted molar refractivity (Wildman–Crippen MR) is 86.5 cm³/mol. The van der Waals surface area contributed by atoms with Gasteiger partial charge in [-0.2, -0.15) is 4.79 Å². The molecule has 0 aliphatic rings. The number of fused-ring (bicyclic) bond motifs is 1. The van der Waals surface area contributed by atoms with E-state index in [1.54, 1.807) is 23.3 Å². The lowest BCUT2D eigenvalue weighted by atomic mass is 10.2. The summed E-state index contributed by atoms with van der Waals surface area (Å²) in [6.07, 6.45) is 2.97. The van der Waals surface area contributed by atoms with E-state index in [1.807, 2.05) is 23.2 Å². The van der Waals surface area contributed by atoms with E-state index in [-0.39, 0.29) is 5.69 Å². The number of rotatable bonds is 5. The number of nitro groups is 1. The Bertz CT molecular complexity index is 1010. The third-order valence-corrected chi connectivity index (χ3v) is 3.66. The van der Waals surface area contributed by atoms with E-state index >= 15 is 0 Å². The number of hydrogen-bond acceptors (Lipinski definition) is 8. The maximum absolute atomic E-state index is 10.8. The van der Waals surface area contributed by atoms with Gasteiger partial charge in [0.2, 0.25) is 0 Å². The molecule has 2 heterocycles. The highest BCUT2D eigenvalue weighted by Gasteiger charge is 2.14. The van der Waals surface area contributed by atoms with Crippen molar-refractivity contribution in [1.29, 1.82) is 0 Å². The van der Waals surface area contributed by atoms with Crippen LogP contribution in [-0.2, 0) is 6.54 Å². The third-order valence-electron chi connectivity index (χ3n) is 3.66. The molecule has 10 heteroatoms. The molecule has 0 N–H and O–H groups in total. The minimum Gasteiger partial charge on any atom is -0.260 e. The highest BCUT2D eigenvalue weighted by molar-refractivity contribution is 5.73. The van der Waals surface area contributed by atoms with Crippen LogP contribution in [-0.4, -0.2) is 30.1 Å². The lowest BCUT2D eigenvalue weighted by Crippen LogP contribution is -2.29. The monoisotopic (exact) mass is 337 g/mol. The van der Waals surface area contributed by atoms with Gasteiger partial charge in [-0.1, -0.05) is 6.07 Å². The molecule has 0 saturated carbocycles. The molecule has 0 saturated heterocycles. The third kappa shape index (κ3) is 2.87. The Morgan fingerprint density at radius 1 is 1.12 bits per heavy atom. The van der Waals surface area contributed by atoms with Gasteiger partial charge in [0.15, 0.2) is 0 Å². The summed E-state index contributed by atoms with van der Waals surface area (Å²) in [4.78, 5) is 15.9. The molecule has 0 spiro atoms. The largest absolute Gasteiger partial charge is 0.269 e. The second-order valence-corrected chi connectivity index (χ2v) is 5.23. The van der Waals surface area contributed by atoms with Crippen molar-refractivity contribution in [2.45, 2.75) is 6.54 Å². The SMILES string of the molecule is O=[N+]([O-])c1ccc(N(Cc2ccc3nonc3c2)n2cncn2)cc1. The Labute approximate surface area is 140 Å². The fourth-order valence-corrected chi connectivity index (χ4v) is 2.45. The summed E-state index contributed by atoms with van der Waals surface area (Å²) < 4.78 is 4.71. The fourth-order valence-electron chi connectivity index (χ4n) is 2.45. The van der Waals surface area contributed by atoms with E-state index in [4.69, 9.17) is 4.63 Å². The molecule has 4 rings (SSSR count). The highest BCUT2D eigenvalue weighted by atomic mass is 16.6. The molecule has 0 atom stereocenters. The van der Waals surface area contributed by atoms with Crippen LogP contribution < -0.4 is 5.01 Å². The first-order chi connectivity index (χ1) is 12.2. The van der Waals surface area contributed by atoms with Crippen molar-refractivity contribution in [3.05, 3.63) is 70.8 Å². The van der Waals surface area contributed by atoms with Gasteiger partial charge in [0.05, 0.1) is 17.2 Å². The lowest BCUT2D eigenvalue weighted by molar-refractivity contribution is -0.384. The van der Waals surface area contributed by atoms with Gasteiger partial charge in [-0.15, -0.1) is 5.10 Å². The van der Waals surface area contributed by atoms with Crippen molar-refractivity contribution in [2.24, 2.45) is 0 Å². The van der Waals surface area contributed by atoms with Crippen LogP contribution in [0.3, 0.4) is 0 Å². The molecule has 0 aliphatic carbocycles. The Kier molecular flexibility index (Phi) is 3.54. The lowest BCUT2D eigenvalue weighted by Gasteiger charge is -2.23. The Morgan fingerprint density at radius 2 is 1.92 bits per heavy atom. The van der Waals surface area contributed by atoms with Crippen LogP contribution in [0.4, 0.5) is 11.4 Å². The average molecular weight is 337 g/mol. The van der Waals surface area contributed by atoms with Crippen molar-refractivity contribution in [3.8, 4) is 0 Å². The van der Waals surface area contributed by atoms with E-state index in [1.165, 1.54) is 18.5 Å². The predicted octanol–water partition coefficient (Wildman–Crippen LogP) is 2.19. The number of nitrogens with zero attached hydrogens (tertiary/aromatic N) is 7. The van der Waals surface area contributed by atoms with Crippen LogP contribution in [0.15, 0.2) is 59.7 Å². The summed E-state index contributed by atoms with van der Waals surface area (Å²) in [6, 6.07) is 11.8. The van der Waals surface area contributed by atoms with E-state index < -0.39 is 4.92 Å². The molecule has 2 aromatic carbocycles. The van der Waals surface area contributed by atoms with Gasteiger partial charge < -0.3 is 0 Å². The number of aromatic nitrogens is 5. The number of hydrogen-bond donors (Lipinski definition) is 0. The van der Waals surface area contributed by atoms with E-state index in [0.717, 1.165) is 11.3 Å². The topological polar surface area (TPSA) is 116 Å². The van der Waals surface area contributed by atoms with Gasteiger partial charge in [0.25, 0.3) is 5.69 Å². The van der Waals surface area contributed by atoms with E-state index in [2.05, 4.69) is 20.4 Å². The standard InChI is InChI=1S/C15H11N7O3/c23-22(24)13-4-2-12(3-5-13)20(21-10-16-9-17-21)8-11-1-6-14-15(7-11)19-25-18-14/h1-7,9-10H,8H2. The zero-order valence-electron chi connectivity index (χ0n) is 12.8. The minimum absolute atomic E-state index is 0.0254. The van der Waals surface area contributed by atoms with Gasteiger partial charge in [-0.25, -0.2) is 9.61 Å². The molecule has 0 fully saturated rings.